The predicted octanol–water partition coefficient (Wildman–Crippen LogP) is 24.4. The van der Waals surface area contributed by atoms with E-state index in [1.807, 2.05) is 0 Å². The van der Waals surface area contributed by atoms with Crippen LogP contribution in [-0.4, -0.2) is 49.3 Å². The maximum Gasteiger partial charge on any atom is 0.472 e. The molecule has 2 unspecified atom stereocenters. The van der Waals surface area contributed by atoms with E-state index in [0.717, 1.165) is 109 Å². The summed E-state index contributed by atoms with van der Waals surface area (Å²) in [4.78, 5) is 35.4. The molecule has 0 heterocycles. The summed E-state index contributed by atoms with van der Waals surface area (Å²) in [5.74, 6) is -0.820. The Balaban J connectivity index is 3.85. The first kappa shape index (κ1) is 85.2. The van der Waals surface area contributed by atoms with Crippen molar-refractivity contribution in [3.05, 3.63) is 134 Å². The first-order chi connectivity index (χ1) is 43.8. The Kier molecular flexibility index (Phi) is 70.0. The normalized spacial score (nSPS) is 13.7. The standard InChI is InChI=1S/C79H136NO8P/c1-3-5-7-9-11-13-15-17-19-21-23-25-27-29-31-33-34-35-36-37-38-39-40-41-42-44-46-48-50-52-54-56-58-60-62-64-66-68-70-72-79(82)88-77(76-87-89(83,84)86-74-73-80)75-85-78(81)71-69-67-65-63-61-59-57-55-53-51-49-47-45-43-32-30-28-26-24-22-20-18-16-14-12-10-8-6-4-2/h5-8,11-14,17-20,23-26,29,31,34-35,37-38,77H,3-4,9-10,15-16,21-22,27-28,30,32-33,36,39-76,80H2,1-2H3,(H,83,84)/b7-5-,8-6-,13-11-,14-12-,19-17-,20-18-,25-23-,26-24-,31-29-,35-34-,38-37-. The monoisotopic (exact) mass is 1260 g/mol. The van der Waals surface area contributed by atoms with Gasteiger partial charge in [-0.1, -0.05) is 334 Å². The van der Waals surface area contributed by atoms with Gasteiger partial charge in [-0.25, -0.2) is 4.57 Å². The molecule has 0 aromatic heterocycles. The molecule has 0 aromatic rings. The van der Waals surface area contributed by atoms with Crippen LogP contribution in [0.3, 0.4) is 0 Å². The molecule has 0 radical (unpaired) electrons. The second-order valence-corrected chi connectivity index (χ2v) is 25.5. The van der Waals surface area contributed by atoms with E-state index < -0.39 is 26.5 Å². The molecule has 0 aliphatic rings. The second kappa shape index (κ2) is 73.2. The van der Waals surface area contributed by atoms with E-state index >= 15 is 0 Å². The van der Waals surface area contributed by atoms with E-state index in [1.54, 1.807) is 0 Å². The molecule has 0 saturated heterocycles. The van der Waals surface area contributed by atoms with Crippen molar-refractivity contribution in [1.29, 1.82) is 0 Å². The van der Waals surface area contributed by atoms with Gasteiger partial charge in [0.05, 0.1) is 13.2 Å². The van der Waals surface area contributed by atoms with Crippen LogP contribution in [0.5, 0.6) is 0 Å². The zero-order valence-corrected chi connectivity index (χ0v) is 58.3. The van der Waals surface area contributed by atoms with E-state index in [2.05, 4.69) is 148 Å². The third kappa shape index (κ3) is 73.1. The van der Waals surface area contributed by atoms with Gasteiger partial charge >= 0.3 is 19.8 Å². The molecule has 0 amide bonds. The summed E-state index contributed by atoms with van der Waals surface area (Å²) in [6, 6.07) is 0. The van der Waals surface area contributed by atoms with Crippen molar-refractivity contribution in [2.24, 2.45) is 5.73 Å². The van der Waals surface area contributed by atoms with Crippen LogP contribution in [0.15, 0.2) is 134 Å². The molecule has 10 heteroatoms. The number of hydrogen-bond acceptors (Lipinski definition) is 8. The molecular weight excluding hydrogens is 1120 g/mol. The Bertz CT molecular complexity index is 1920. The average molecular weight is 1260 g/mol. The molecule has 0 bridgehead atoms. The van der Waals surface area contributed by atoms with E-state index in [1.165, 1.54) is 180 Å². The number of hydrogen-bond donors (Lipinski definition) is 2. The second-order valence-electron chi connectivity index (χ2n) is 24.0. The smallest absolute Gasteiger partial charge is 0.462 e. The Morgan fingerprint density at radius 3 is 0.865 bits per heavy atom. The van der Waals surface area contributed by atoms with E-state index in [9.17, 15) is 19.0 Å². The average Bonchev–Trinajstić information content (AvgIpc) is 3.68. The first-order valence-electron chi connectivity index (χ1n) is 36.7. The maximum absolute atomic E-state index is 12.8. The molecule has 2 atom stereocenters. The molecular formula is C79H136NO8P. The molecule has 0 saturated carbocycles. The number of nitrogens with two attached hydrogens (primary N) is 1. The fraction of sp³-hybridized carbons (Fsp3) is 0.696. The van der Waals surface area contributed by atoms with Crippen molar-refractivity contribution >= 4 is 19.8 Å². The van der Waals surface area contributed by atoms with Gasteiger partial charge in [-0.15, -0.1) is 0 Å². The topological polar surface area (TPSA) is 134 Å². The highest BCUT2D eigenvalue weighted by Gasteiger charge is 2.26. The quantitative estimate of drug-likeness (QED) is 0.0264. The lowest BCUT2D eigenvalue weighted by Crippen LogP contribution is -2.29. The van der Waals surface area contributed by atoms with Crippen LogP contribution in [0.1, 0.15) is 322 Å². The summed E-state index contributed by atoms with van der Waals surface area (Å²) in [7, 11) is -4.40. The van der Waals surface area contributed by atoms with Crippen LogP contribution in [0.2, 0.25) is 0 Å². The Morgan fingerprint density at radius 1 is 0.337 bits per heavy atom. The Hall–Kier alpha value is -3.85. The lowest BCUT2D eigenvalue weighted by atomic mass is 10.0. The van der Waals surface area contributed by atoms with Gasteiger partial charge in [-0.05, 0) is 109 Å². The van der Waals surface area contributed by atoms with E-state index in [4.69, 9.17) is 24.3 Å². The number of rotatable bonds is 68. The van der Waals surface area contributed by atoms with Crippen molar-refractivity contribution in [2.75, 3.05) is 26.4 Å². The molecule has 510 valence electrons. The van der Waals surface area contributed by atoms with Crippen LogP contribution < -0.4 is 5.73 Å². The largest absolute Gasteiger partial charge is 0.472 e. The molecule has 0 spiro atoms. The van der Waals surface area contributed by atoms with Crippen molar-refractivity contribution in [3.63, 3.8) is 0 Å². The molecule has 0 aromatic carbocycles. The number of phosphoric acid groups is 1. The zero-order chi connectivity index (χ0) is 64.4. The number of phosphoric ester groups is 1. The number of allylic oxidation sites excluding steroid dienone is 22. The summed E-state index contributed by atoms with van der Waals surface area (Å²) in [5, 5.41) is 0. The first-order valence-corrected chi connectivity index (χ1v) is 38.2. The maximum atomic E-state index is 12.8. The van der Waals surface area contributed by atoms with Gasteiger partial charge in [0.25, 0.3) is 0 Å². The van der Waals surface area contributed by atoms with E-state index in [-0.39, 0.29) is 38.6 Å². The summed E-state index contributed by atoms with van der Waals surface area (Å²) in [6.45, 7) is 3.55. The highest BCUT2D eigenvalue weighted by atomic mass is 31.2. The predicted molar refractivity (Wildman–Crippen MR) is 385 cm³/mol. The minimum atomic E-state index is -4.40. The van der Waals surface area contributed by atoms with Gasteiger partial charge < -0.3 is 20.1 Å². The van der Waals surface area contributed by atoms with Crippen LogP contribution in [0.4, 0.5) is 0 Å². The number of carbonyl (C=O) groups is 2. The highest BCUT2D eigenvalue weighted by molar-refractivity contribution is 7.47. The zero-order valence-electron chi connectivity index (χ0n) is 57.4. The minimum absolute atomic E-state index is 0.0503. The number of esters is 2. The van der Waals surface area contributed by atoms with Gasteiger partial charge in [-0.2, -0.15) is 0 Å². The SMILES string of the molecule is CC/C=C\C/C=C\C/C=C\C/C=C\C/C=C\C/C=C\C/C=C\CCCCCCCCCCCCCCCCCCCC(=O)OC(COC(=O)CCCCCCCCCCCCCCCCCC/C=C\C/C=C\C/C=C\C/C=C\CC)COP(=O)(O)OCCN. The fourth-order valence-electron chi connectivity index (χ4n) is 10.2. The number of carbonyl (C=O) groups excluding carboxylic acids is 2. The van der Waals surface area contributed by atoms with Crippen LogP contribution in [0.25, 0.3) is 0 Å². The summed E-state index contributed by atoms with van der Waals surface area (Å²) < 4.78 is 33.2. The van der Waals surface area contributed by atoms with Gasteiger partial charge in [0, 0.05) is 19.4 Å². The van der Waals surface area contributed by atoms with Gasteiger partial charge in [-0.3, -0.25) is 18.6 Å². The molecule has 9 nitrogen and oxygen atoms in total. The van der Waals surface area contributed by atoms with Gasteiger partial charge in [0.15, 0.2) is 6.10 Å². The summed E-state index contributed by atoms with van der Waals surface area (Å²) in [5.41, 5.74) is 5.41. The third-order valence-electron chi connectivity index (χ3n) is 15.5. The Labute approximate surface area is 548 Å². The lowest BCUT2D eigenvalue weighted by molar-refractivity contribution is -0.161. The molecule has 89 heavy (non-hydrogen) atoms. The van der Waals surface area contributed by atoms with Crippen LogP contribution in [-0.2, 0) is 32.7 Å². The van der Waals surface area contributed by atoms with Gasteiger partial charge in [0.2, 0.25) is 0 Å². The molecule has 0 fully saturated rings. The third-order valence-corrected chi connectivity index (χ3v) is 16.5. The highest BCUT2D eigenvalue weighted by Crippen LogP contribution is 2.43. The molecule has 3 N–H and O–H groups in total. The van der Waals surface area contributed by atoms with Gasteiger partial charge in [0.1, 0.15) is 6.61 Å². The number of unbranched alkanes of at least 4 members (excludes halogenated alkanes) is 33. The van der Waals surface area contributed by atoms with E-state index in [0.29, 0.717) is 6.42 Å². The van der Waals surface area contributed by atoms with Crippen molar-refractivity contribution in [1.82, 2.24) is 0 Å². The lowest BCUT2D eigenvalue weighted by Gasteiger charge is -2.19. The number of ether oxygens (including phenoxy) is 2. The molecule has 0 aliphatic heterocycles. The van der Waals surface area contributed by atoms with Crippen molar-refractivity contribution in [3.8, 4) is 0 Å². The summed E-state index contributed by atoms with van der Waals surface area (Å²) >= 11 is 0. The van der Waals surface area contributed by atoms with Crippen LogP contribution in [0, 0.1) is 0 Å². The van der Waals surface area contributed by atoms with Crippen molar-refractivity contribution < 1.29 is 37.6 Å². The minimum Gasteiger partial charge on any atom is -0.462 e. The van der Waals surface area contributed by atoms with Crippen LogP contribution >= 0.6 is 7.82 Å². The van der Waals surface area contributed by atoms with Crippen molar-refractivity contribution in [2.45, 2.75) is 328 Å². The summed E-state index contributed by atoms with van der Waals surface area (Å²) in [6.07, 6.45) is 104. The fourth-order valence-corrected chi connectivity index (χ4v) is 11.0. The Morgan fingerprint density at radius 2 is 0.584 bits per heavy atom. The molecule has 0 rings (SSSR count). The molecule has 0 aliphatic carbocycles.